The van der Waals surface area contributed by atoms with Gasteiger partial charge in [-0.15, -0.1) is 0 Å². The van der Waals surface area contributed by atoms with Crippen molar-refractivity contribution in [2.75, 3.05) is 13.1 Å². The first-order chi connectivity index (χ1) is 9.95. The van der Waals surface area contributed by atoms with Crippen molar-refractivity contribution in [1.29, 1.82) is 0 Å². The van der Waals surface area contributed by atoms with Crippen LogP contribution < -0.4 is 10.6 Å². The molecule has 2 amide bonds. The summed E-state index contributed by atoms with van der Waals surface area (Å²) in [5.74, 6) is -0.738. The predicted octanol–water partition coefficient (Wildman–Crippen LogP) is 1.41. The van der Waals surface area contributed by atoms with Crippen LogP contribution in [0.25, 0.3) is 0 Å². The molecule has 0 bridgehead atoms. The third-order valence-corrected chi connectivity index (χ3v) is 4.47. The molecule has 3 N–H and O–H groups in total. The van der Waals surface area contributed by atoms with Crippen molar-refractivity contribution in [2.45, 2.75) is 64.1 Å². The highest BCUT2D eigenvalue weighted by molar-refractivity contribution is 5.82. The molecule has 0 aromatic rings. The van der Waals surface area contributed by atoms with Crippen molar-refractivity contribution in [2.24, 2.45) is 5.92 Å². The first kappa shape index (κ1) is 16.1. The molecule has 0 spiro atoms. The van der Waals surface area contributed by atoms with Crippen LogP contribution in [0.4, 0.5) is 4.79 Å². The predicted molar refractivity (Wildman–Crippen MR) is 80.2 cm³/mol. The van der Waals surface area contributed by atoms with Crippen molar-refractivity contribution < 1.29 is 14.7 Å². The third kappa shape index (κ3) is 4.59. The summed E-state index contributed by atoms with van der Waals surface area (Å²) in [6.07, 6.45) is 4.84. The van der Waals surface area contributed by atoms with Gasteiger partial charge in [-0.1, -0.05) is 13.8 Å². The number of carbonyl (C=O) groups is 2. The van der Waals surface area contributed by atoms with Gasteiger partial charge < -0.3 is 20.6 Å². The minimum Gasteiger partial charge on any atom is -0.480 e. The lowest BCUT2D eigenvalue weighted by Crippen LogP contribution is -2.53. The number of carbonyl (C=O) groups excluding carboxylic acids is 1. The van der Waals surface area contributed by atoms with E-state index in [4.69, 9.17) is 5.11 Å². The summed E-state index contributed by atoms with van der Waals surface area (Å²) < 4.78 is 0. The summed E-state index contributed by atoms with van der Waals surface area (Å²) in [5, 5.41) is 14.7. The molecular weight excluding hydrogens is 270 g/mol. The minimum absolute atomic E-state index is 0.165. The van der Waals surface area contributed by atoms with E-state index < -0.39 is 12.0 Å². The van der Waals surface area contributed by atoms with Crippen molar-refractivity contribution in [3.05, 3.63) is 0 Å². The highest BCUT2D eigenvalue weighted by atomic mass is 16.4. The molecule has 21 heavy (non-hydrogen) atoms. The summed E-state index contributed by atoms with van der Waals surface area (Å²) in [4.78, 5) is 25.7. The molecule has 2 saturated heterocycles. The van der Waals surface area contributed by atoms with E-state index in [0.717, 1.165) is 19.4 Å². The van der Waals surface area contributed by atoms with Crippen LogP contribution in [0.5, 0.6) is 0 Å². The van der Waals surface area contributed by atoms with E-state index in [2.05, 4.69) is 15.5 Å². The van der Waals surface area contributed by atoms with Gasteiger partial charge in [0.1, 0.15) is 6.04 Å². The molecule has 0 saturated carbocycles. The smallest absolute Gasteiger partial charge is 0.326 e. The van der Waals surface area contributed by atoms with Crippen LogP contribution in [0, 0.1) is 5.92 Å². The van der Waals surface area contributed by atoms with Gasteiger partial charge in [0.2, 0.25) is 0 Å². The lowest BCUT2D eigenvalue weighted by Gasteiger charge is -2.35. The maximum Gasteiger partial charge on any atom is 0.326 e. The number of piperidine rings is 1. The van der Waals surface area contributed by atoms with Crippen LogP contribution in [0.3, 0.4) is 0 Å². The second kappa shape index (κ2) is 7.11. The van der Waals surface area contributed by atoms with E-state index >= 15 is 0 Å². The Morgan fingerprint density at radius 2 is 2.05 bits per heavy atom. The zero-order valence-electron chi connectivity index (χ0n) is 13.0. The average molecular weight is 297 g/mol. The van der Waals surface area contributed by atoms with E-state index in [9.17, 15) is 9.59 Å². The summed E-state index contributed by atoms with van der Waals surface area (Å²) in [6, 6.07) is -0.399. The Morgan fingerprint density at radius 3 is 2.71 bits per heavy atom. The number of nitrogens with zero attached hydrogens (tertiary/aromatic N) is 1. The number of carboxylic acid groups (broad SMARTS) is 1. The number of rotatable bonds is 5. The first-order valence-electron chi connectivity index (χ1n) is 7.99. The van der Waals surface area contributed by atoms with Crippen LogP contribution in [-0.2, 0) is 4.79 Å². The van der Waals surface area contributed by atoms with Crippen molar-refractivity contribution in [1.82, 2.24) is 15.5 Å². The fraction of sp³-hybridized carbons (Fsp3) is 0.867. The fourth-order valence-corrected chi connectivity index (χ4v) is 3.43. The van der Waals surface area contributed by atoms with Crippen LogP contribution in [0.1, 0.15) is 46.0 Å². The minimum atomic E-state index is -0.968. The molecule has 2 aliphatic rings. The zero-order valence-corrected chi connectivity index (χ0v) is 13.0. The van der Waals surface area contributed by atoms with Gasteiger partial charge >= 0.3 is 12.0 Å². The van der Waals surface area contributed by atoms with Gasteiger partial charge in [0.05, 0.1) is 0 Å². The number of urea groups is 1. The van der Waals surface area contributed by atoms with E-state index in [-0.39, 0.29) is 18.0 Å². The lowest BCUT2D eigenvalue weighted by atomic mass is 9.98. The van der Waals surface area contributed by atoms with Gasteiger partial charge in [-0.25, -0.2) is 9.59 Å². The Balaban J connectivity index is 1.79. The molecule has 2 unspecified atom stereocenters. The van der Waals surface area contributed by atoms with Crippen molar-refractivity contribution >= 4 is 12.0 Å². The number of nitrogens with one attached hydrogen (secondary N) is 2. The number of amides is 2. The van der Waals surface area contributed by atoms with Gasteiger partial charge in [-0.2, -0.15) is 0 Å². The maximum absolute atomic E-state index is 12.0. The number of fused-ring (bicyclic) bond motifs is 1. The van der Waals surface area contributed by atoms with E-state index in [1.54, 1.807) is 0 Å². The van der Waals surface area contributed by atoms with Gasteiger partial charge in [0.15, 0.2) is 0 Å². The first-order valence-corrected chi connectivity index (χ1v) is 7.99. The number of hydrogen-bond acceptors (Lipinski definition) is 3. The number of carboxylic acids is 1. The standard InChI is InChI=1S/C15H27N3O3/c1-10(2)8-13(14(19)20)17-15(21)16-11-5-7-18-6-3-4-12(18)9-11/h10-13H,3-9H2,1-2H3,(H,19,20)(H2,16,17,21)/t11?,12?,13-/m1/s1. The molecular formula is C15H27N3O3. The second-order valence-electron chi connectivity index (χ2n) is 6.69. The van der Waals surface area contributed by atoms with E-state index in [1.807, 2.05) is 13.8 Å². The van der Waals surface area contributed by atoms with Crippen molar-refractivity contribution in [3.8, 4) is 0 Å². The zero-order chi connectivity index (χ0) is 15.4. The molecule has 6 nitrogen and oxygen atoms in total. The van der Waals surface area contributed by atoms with Crippen LogP contribution in [0.15, 0.2) is 0 Å². The quantitative estimate of drug-likeness (QED) is 0.716. The van der Waals surface area contributed by atoms with Gasteiger partial charge in [0.25, 0.3) is 0 Å². The molecule has 0 aliphatic carbocycles. The Bertz CT molecular complexity index is 386. The molecule has 2 fully saturated rings. The number of hydrogen-bond donors (Lipinski definition) is 3. The Hall–Kier alpha value is -1.30. The SMILES string of the molecule is CC(C)C[C@@H](NC(=O)NC1CCN2CCCC2C1)C(=O)O. The molecule has 3 atom stereocenters. The highest BCUT2D eigenvalue weighted by Gasteiger charge is 2.32. The monoisotopic (exact) mass is 297 g/mol. The summed E-state index contributed by atoms with van der Waals surface area (Å²) in [5.41, 5.74) is 0. The highest BCUT2D eigenvalue weighted by Crippen LogP contribution is 2.26. The molecule has 2 aliphatic heterocycles. The van der Waals surface area contributed by atoms with Gasteiger partial charge in [-0.3, -0.25) is 0 Å². The summed E-state index contributed by atoms with van der Waals surface area (Å²) in [7, 11) is 0. The van der Waals surface area contributed by atoms with Gasteiger partial charge in [-0.05, 0) is 44.6 Å². The molecule has 0 aromatic heterocycles. The molecule has 2 heterocycles. The summed E-state index contributed by atoms with van der Waals surface area (Å²) in [6.45, 7) is 6.11. The topological polar surface area (TPSA) is 81.7 Å². The van der Waals surface area contributed by atoms with Crippen molar-refractivity contribution in [3.63, 3.8) is 0 Å². The largest absolute Gasteiger partial charge is 0.480 e. The van der Waals surface area contributed by atoms with E-state index in [0.29, 0.717) is 12.5 Å². The molecule has 0 aromatic carbocycles. The molecule has 6 heteroatoms. The van der Waals surface area contributed by atoms with Gasteiger partial charge in [0, 0.05) is 18.6 Å². The van der Waals surface area contributed by atoms with Crippen LogP contribution in [-0.4, -0.2) is 53.2 Å². The molecule has 0 radical (unpaired) electrons. The lowest BCUT2D eigenvalue weighted by molar-refractivity contribution is -0.139. The molecule has 2 rings (SSSR count). The van der Waals surface area contributed by atoms with E-state index in [1.165, 1.54) is 19.4 Å². The summed E-state index contributed by atoms with van der Waals surface area (Å²) >= 11 is 0. The Labute approximate surface area is 126 Å². The maximum atomic E-state index is 12.0. The fourth-order valence-electron chi connectivity index (χ4n) is 3.43. The molecule has 120 valence electrons. The Morgan fingerprint density at radius 1 is 1.29 bits per heavy atom. The second-order valence-corrected chi connectivity index (χ2v) is 6.69. The average Bonchev–Trinajstić information content (AvgIpc) is 2.84. The van der Waals surface area contributed by atoms with Crippen LogP contribution >= 0.6 is 0 Å². The third-order valence-electron chi connectivity index (χ3n) is 4.47. The normalized spacial score (nSPS) is 27.2. The number of aliphatic carboxylic acids is 1. The van der Waals surface area contributed by atoms with Crippen LogP contribution in [0.2, 0.25) is 0 Å². The Kier molecular flexibility index (Phi) is 5.45.